The highest BCUT2D eigenvalue weighted by Gasteiger charge is 2.11. The molecular weight excluding hydrogens is 254 g/mol. The molecule has 5 nitrogen and oxygen atoms in total. The summed E-state index contributed by atoms with van der Waals surface area (Å²) in [5.74, 6) is 5.21. The number of carbonyl (C=O) groups excluding carboxylic acids is 1. The van der Waals surface area contributed by atoms with Crippen LogP contribution in [0.2, 0.25) is 0 Å². The molecule has 2 rings (SSSR count). The zero-order chi connectivity index (χ0) is 14.5. The minimum Gasteiger partial charge on any atom is -0.384 e. The molecule has 0 aliphatic rings. The number of amides is 1. The van der Waals surface area contributed by atoms with E-state index in [2.05, 4.69) is 27.4 Å². The highest BCUT2D eigenvalue weighted by molar-refractivity contribution is 6.05. The van der Waals surface area contributed by atoms with E-state index in [9.17, 15) is 4.79 Å². The fraction of sp³-hybridized carbons (Fsp3) is 0.200. The van der Waals surface area contributed by atoms with Gasteiger partial charge in [-0.1, -0.05) is 11.8 Å². The van der Waals surface area contributed by atoms with E-state index in [1.165, 1.54) is 6.20 Å². The molecule has 0 unspecified atom stereocenters. The molecule has 0 fully saturated rings. The fourth-order valence-corrected chi connectivity index (χ4v) is 1.79. The minimum absolute atomic E-state index is 0.169. The molecule has 1 heterocycles. The quantitative estimate of drug-likeness (QED) is 0.725. The number of rotatable bonds is 2. The molecule has 0 radical (unpaired) electrons. The summed E-state index contributed by atoms with van der Waals surface area (Å²) in [6, 6.07) is 5.46. The maximum Gasteiger partial charge on any atom is 0.259 e. The Morgan fingerprint density at radius 2 is 2.25 bits per heavy atom. The third kappa shape index (κ3) is 3.05. The molecule has 0 atom stereocenters. The van der Waals surface area contributed by atoms with E-state index in [0.717, 1.165) is 22.5 Å². The number of aromatic amines is 1. The van der Waals surface area contributed by atoms with E-state index in [4.69, 9.17) is 5.11 Å². The van der Waals surface area contributed by atoms with Gasteiger partial charge in [0.1, 0.15) is 6.61 Å². The van der Waals surface area contributed by atoms with Gasteiger partial charge in [-0.15, -0.1) is 0 Å². The summed E-state index contributed by atoms with van der Waals surface area (Å²) in [6.45, 7) is 3.52. The van der Waals surface area contributed by atoms with Crippen molar-refractivity contribution in [2.45, 2.75) is 13.8 Å². The lowest BCUT2D eigenvalue weighted by Crippen LogP contribution is -2.13. The largest absolute Gasteiger partial charge is 0.384 e. The molecule has 0 spiro atoms. The number of anilines is 1. The van der Waals surface area contributed by atoms with Gasteiger partial charge in [-0.05, 0) is 37.6 Å². The Labute approximate surface area is 117 Å². The van der Waals surface area contributed by atoms with Gasteiger partial charge in [0.25, 0.3) is 5.91 Å². The van der Waals surface area contributed by atoms with Crippen LogP contribution < -0.4 is 5.32 Å². The monoisotopic (exact) mass is 269 g/mol. The van der Waals surface area contributed by atoms with Crippen LogP contribution in [-0.4, -0.2) is 27.8 Å². The van der Waals surface area contributed by atoms with Crippen molar-refractivity contribution in [1.29, 1.82) is 0 Å². The van der Waals surface area contributed by atoms with E-state index in [1.807, 2.05) is 13.0 Å². The number of aryl methyl sites for hydroxylation is 2. The number of nitrogens with zero attached hydrogens (tertiary/aromatic N) is 1. The SMILES string of the molecule is Cc1cc(C#CCO)ccc1NC(=O)c1cn[nH]c1C. The Kier molecular flexibility index (Phi) is 4.18. The molecule has 20 heavy (non-hydrogen) atoms. The molecule has 0 saturated heterocycles. The van der Waals surface area contributed by atoms with E-state index in [-0.39, 0.29) is 12.5 Å². The molecule has 1 aromatic carbocycles. The second-order valence-electron chi connectivity index (χ2n) is 4.35. The van der Waals surface area contributed by atoms with Crippen LogP contribution >= 0.6 is 0 Å². The van der Waals surface area contributed by atoms with Gasteiger partial charge in [-0.2, -0.15) is 5.10 Å². The second kappa shape index (κ2) is 6.04. The summed E-state index contributed by atoms with van der Waals surface area (Å²) < 4.78 is 0. The van der Waals surface area contributed by atoms with Crippen molar-refractivity contribution in [2.24, 2.45) is 0 Å². The van der Waals surface area contributed by atoms with Crippen LogP contribution in [-0.2, 0) is 0 Å². The molecule has 0 aliphatic heterocycles. The predicted molar refractivity (Wildman–Crippen MR) is 76.4 cm³/mol. The van der Waals surface area contributed by atoms with E-state index < -0.39 is 0 Å². The van der Waals surface area contributed by atoms with Crippen molar-refractivity contribution in [1.82, 2.24) is 10.2 Å². The van der Waals surface area contributed by atoms with Gasteiger partial charge < -0.3 is 10.4 Å². The minimum atomic E-state index is -0.200. The zero-order valence-corrected chi connectivity index (χ0v) is 11.3. The average Bonchev–Trinajstić information content (AvgIpc) is 2.85. The zero-order valence-electron chi connectivity index (χ0n) is 11.3. The number of hydrogen-bond acceptors (Lipinski definition) is 3. The Morgan fingerprint density at radius 1 is 1.45 bits per heavy atom. The normalized spacial score (nSPS) is 9.75. The van der Waals surface area contributed by atoms with Crippen LogP contribution in [0.1, 0.15) is 27.2 Å². The summed E-state index contributed by atoms with van der Waals surface area (Å²) >= 11 is 0. The number of hydrogen-bond donors (Lipinski definition) is 3. The van der Waals surface area contributed by atoms with Gasteiger partial charge in [0.05, 0.1) is 11.8 Å². The standard InChI is InChI=1S/C15H15N3O2/c1-10-8-12(4-3-7-19)5-6-14(10)17-15(20)13-9-16-18-11(13)2/h5-6,8-9,19H,7H2,1-2H3,(H,16,18)(H,17,20). The van der Waals surface area contributed by atoms with E-state index >= 15 is 0 Å². The van der Waals surface area contributed by atoms with Gasteiger partial charge in [-0.3, -0.25) is 9.89 Å². The van der Waals surface area contributed by atoms with Crippen molar-refractivity contribution in [3.05, 3.63) is 46.8 Å². The second-order valence-corrected chi connectivity index (χ2v) is 4.35. The van der Waals surface area contributed by atoms with Crippen molar-refractivity contribution in [3.63, 3.8) is 0 Å². The smallest absolute Gasteiger partial charge is 0.259 e. The van der Waals surface area contributed by atoms with Crippen LogP contribution in [0.3, 0.4) is 0 Å². The van der Waals surface area contributed by atoms with Crippen LogP contribution in [0.15, 0.2) is 24.4 Å². The molecule has 0 bridgehead atoms. The van der Waals surface area contributed by atoms with E-state index in [1.54, 1.807) is 19.1 Å². The number of aliphatic hydroxyl groups excluding tert-OH is 1. The molecule has 1 amide bonds. The topological polar surface area (TPSA) is 78.0 Å². The first kappa shape index (κ1) is 13.8. The summed E-state index contributed by atoms with van der Waals surface area (Å²) in [5.41, 5.74) is 3.68. The van der Waals surface area contributed by atoms with Crippen LogP contribution in [0.5, 0.6) is 0 Å². The van der Waals surface area contributed by atoms with Crippen LogP contribution in [0.25, 0.3) is 0 Å². The lowest BCUT2D eigenvalue weighted by Gasteiger charge is -2.08. The number of nitrogens with one attached hydrogen (secondary N) is 2. The maximum absolute atomic E-state index is 12.1. The molecule has 0 saturated carbocycles. The Morgan fingerprint density at radius 3 is 2.85 bits per heavy atom. The number of benzene rings is 1. The predicted octanol–water partition coefficient (Wildman–Crippen LogP) is 1.62. The van der Waals surface area contributed by atoms with Gasteiger partial charge in [0.15, 0.2) is 0 Å². The van der Waals surface area contributed by atoms with Crippen LogP contribution in [0, 0.1) is 25.7 Å². The number of H-pyrrole nitrogens is 1. The third-order valence-corrected chi connectivity index (χ3v) is 2.86. The Hall–Kier alpha value is -2.58. The highest BCUT2D eigenvalue weighted by atomic mass is 16.2. The molecule has 5 heteroatoms. The van der Waals surface area contributed by atoms with Gasteiger partial charge in [-0.25, -0.2) is 0 Å². The van der Waals surface area contributed by atoms with Crippen LogP contribution in [0.4, 0.5) is 5.69 Å². The van der Waals surface area contributed by atoms with Gasteiger partial charge in [0.2, 0.25) is 0 Å². The number of carbonyl (C=O) groups is 1. The first-order valence-corrected chi connectivity index (χ1v) is 6.13. The van der Waals surface area contributed by atoms with Gasteiger partial charge in [0, 0.05) is 16.9 Å². The molecule has 3 N–H and O–H groups in total. The summed E-state index contributed by atoms with van der Waals surface area (Å²) in [7, 11) is 0. The van der Waals surface area contributed by atoms with Crippen molar-refractivity contribution in [3.8, 4) is 11.8 Å². The first-order valence-electron chi connectivity index (χ1n) is 6.13. The molecule has 102 valence electrons. The molecular formula is C15H15N3O2. The Balaban J connectivity index is 2.18. The lowest BCUT2D eigenvalue weighted by atomic mass is 10.1. The third-order valence-electron chi connectivity index (χ3n) is 2.86. The molecule has 0 aliphatic carbocycles. The number of aromatic nitrogens is 2. The number of aliphatic hydroxyl groups is 1. The van der Waals surface area contributed by atoms with Crippen molar-refractivity contribution >= 4 is 11.6 Å². The average molecular weight is 269 g/mol. The molecule has 2 aromatic rings. The Bertz CT molecular complexity index is 693. The first-order chi connectivity index (χ1) is 9.61. The fourth-order valence-electron chi connectivity index (χ4n) is 1.79. The summed E-state index contributed by atoms with van der Waals surface area (Å²) in [4.78, 5) is 12.1. The highest BCUT2D eigenvalue weighted by Crippen LogP contribution is 2.17. The van der Waals surface area contributed by atoms with Crippen molar-refractivity contribution < 1.29 is 9.90 Å². The van der Waals surface area contributed by atoms with E-state index in [0.29, 0.717) is 5.56 Å². The van der Waals surface area contributed by atoms with Gasteiger partial charge >= 0.3 is 0 Å². The lowest BCUT2D eigenvalue weighted by molar-refractivity contribution is 0.102. The summed E-state index contributed by atoms with van der Waals surface area (Å²) in [5, 5.41) is 18.1. The molecule has 1 aromatic heterocycles. The maximum atomic E-state index is 12.1. The van der Waals surface area contributed by atoms with Crippen molar-refractivity contribution in [2.75, 3.05) is 11.9 Å². The summed E-state index contributed by atoms with van der Waals surface area (Å²) in [6.07, 6.45) is 1.50.